The fourth-order valence-electron chi connectivity index (χ4n) is 3.64. The van der Waals surface area contributed by atoms with Crippen LogP contribution in [-0.2, 0) is 11.3 Å². The summed E-state index contributed by atoms with van der Waals surface area (Å²) in [6.07, 6.45) is 9.08. The molecule has 2 amide bonds. The maximum Gasteiger partial charge on any atom is 0.257 e. The minimum absolute atomic E-state index is 0.106. The number of benzene rings is 1. The number of aromatic nitrogens is 3. The molecule has 1 saturated carbocycles. The van der Waals surface area contributed by atoms with E-state index in [2.05, 4.69) is 15.7 Å². The first-order chi connectivity index (χ1) is 14.6. The van der Waals surface area contributed by atoms with Crippen molar-refractivity contribution in [3.8, 4) is 5.69 Å². The van der Waals surface area contributed by atoms with Gasteiger partial charge >= 0.3 is 0 Å². The largest absolute Gasteiger partial charge is 0.352 e. The Bertz CT molecular complexity index is 1100. The normalized spacial score (nSPS) is 13.9. The Balaban J connectivity index is 1.45. The number of amides is 2. The molecule has 2 N–H and O–H groups in total. The zero-order chi connectivity index (χ0) is 20.9. The molecule has 3 aromatic rings. The average Bonchev–Trinajstić information content (AvgIpc) is 3.44. The SMILES string of the molecule is O=C(Cn1cc(C(=O)Nc2cccc(-n3cccn3)c2)ccc1=O)NC1CCCC1. The van der Waals surface area contributed by atoms with E-state index in [9.17, 15) is 14.4 Å². The fraction of sp³-hybridized carbons (Fsp3) is 0.273. The van der Waals surface area contributed by atoms with Crippen molar-refractivity contribution in [3.05, 3.63) is 77.0 Å². The summed E-state index contributed by atoms with van der Waals surface area (Å²) in [6, 6.07) is 12.0. The Morgan fingerprint density at radius 3 is 2.70 bits per heavy atom. The van der Waals surface area contributed by atoms with Gasteiger partial charge in [0.1, 0.15) is 6.54 Å². The number of anilines is 1. The Labute approximate surface area is 173 Å². The smallest absolute Gasteiger partial charge is 0.257 e. The number of carbonyl (C=O) groups is 2. The fourth-order valence-corrected chi connectivity index (χ4v) is 3.64. The maximum atomic E-state index is 12.7. The van der Waals surface area contributed by atoms with E-state index in [0.29, 0.717) is 11.3 Å². The van der Waals surface area contributed by atoms with Crippen molar-refractivity contribution in [2.75, 3.05) is 5.32 Å². The van der Waals surface area contributed by atoms with Crippen LogP contribution in [0.4, 0.5) is 5.69 Å². The van der Waals surface area contributed by atoms with Crippen LogP contribution in [0.3, 0.4) is 0 Å². The topological polar surface area (TPSA) is 98.0 Å². The quantitative estimate of drug-likeness (QED) is 0.658. The first-order valence-electron chi connectivity index (χ1n) is 10.00. The van der Waals surface area contributed by atoms with Crippen LogP contribution in [0.1, 0.15) is 36.0 Å². The summed E-state index contributed by atoms with van der Waals surface area (Å²) in [5.74, 6) is -0.578. The number of hydrogen-bond acceptors (Lipinski definition) is 4. The summed E-state index contributed by atoms with van der Waals surface area (Å²) in [5, 5.41) is 9.96. The Morgan fingerprint density at radius 1 is 1.10 bits per heavy atom. The highest BCUT2D eigenvalue weighted by Crippen LogP contribution is 2.17. The van der Waals surface area contributed by atoms with Gasteiger partial charge in [0, 0.05) is 36.4 Å². The van der Waals surface area contributed by atoms with Gasteiger partial charge in [-0.15, -0.1) is 0 Å². The van der Waals surface area contributed by atoms with Gasteiger partial charge in [-0.3, -0.25) is 14.4 Å². The molecule has 1 aliphatic carbocycles. The van der Waals surface area contributed by atoms with Gasteiger partial charge in [0.25, 0.3) is 11.5 Å². The van der Waals surface area contributed by atoms with Crippen LogP contribution >= 0.6 is 0 Å². The van der Waals surface area contributed by atoms with Crippen LogP contribution in [-0.4, -0.2) is 32.2 Å². The van der Waals surface area contributed by atoms with Gasteiger partial charge in [-0.25, -0.2) is 4.68 Å². The molecule has 0 saturated heterocycles. The zero-order valence-electron chi connectivity index (χ0n) is 16.5. The zero-order valence-corrected chi connectivity index (χ0v) is 16.5. The van der Waals surface area contributed by atoms with E-state index >= 15 is 0 Å². The maximum absolute atomic E-state index is 12.7. The Morgan fingerprint density at radius 2 is 1.93 bits per heavy atom. The van der Waals surface area contributed by atoms with Crippen molar-refractivity contribution >= 4 is 17.5 Å². The second-order valence-corrected chi connectivity index (χ2v) is 7.39. The van der Waals surface area contributed by atoms with Crippen LogP contribution in [0.25, 0.3) is 5.69 Å². The number of carbonyl (C=O) groups excluding carboxylic acids is 2. The van der Waals surface area contributed by atoms with Crippen molar-refractivity contribution in [3.63, 3.8) is 0 Å². The lowest BCUT2D eigenvalue weighted by molar-refractivity contribution is -0.122. The number of pyridine rings is 1. The molecule has 8 heteroatoms. The molecule has 2 aromatic heterocycles. The second-order valence-electron chi connectivity index (χ2n) is 7.39. The highest BCUT2D eigenvalue weighted by atomic mass is 16.2. The van der Waals surface area contributed by atoms with Gasteiger partial charge in [-0.1, -0.05) is 18.9 Å². The molecule has 1 fully saturated rings. The van der Waals surface area contributed by atoms with E-state index < -0.39 is 0 Å². The number of rotatable bonds is 6. The van der Waals surface area contributed by atoms with E-state index in [1.807, 2.05) is 24.4 Å². The molecule has 30 heavy (non-hydrogen) atoms. The second kappa shape index (κ2) is 8.77. The first kappa shape index (κ1) is 19.6. The first-order valence-corrected chi connectivity index (χ1v) is 10.00. The van der Waals surface area contributed by atoms with Crippen LogP contribution in [0.2, 0.25) is 0 Å². The molecular formula is C22H23N5O3. The lowest BCUT2D eigenvalue weighted by atomic mass is 10.2. The van der Waals surface area contributed by atoms with Gasteiger partial charge in [-0.2, -0.15) is 5.10 Å². The predicted molar refractivity (Wildman–Crippen MR) is 113 cm³/mol. The predicted octanol–water partition coefficient (Wildman–Crippen LogP) is 2.35. The number of hydrogen-bond donors (Lipinski definition) is 2. The summed E-state index contributed by atoms with van der Waals surface area (Å²) >= 11 is 0. The van der Waals surface area contributed by atoms with Crippen molar-refractivity contribution in [1.29, 1.82) is 0 Å². The third-order valence-corrected chi connectivity index (χ3v) is 5.15. The molecular weight excluding hydrogens is 382 g/mol. The third-order valence-electron chi connectivity index (χ3n) is 5.15. The van der Waals surface area contributed by atoms with E-state index in [0.717, 1.165) is 31.4 Å². The van der Waals surface area contributed by atoms with Crippen LogP contribution < -0.4 is 16.2 Å². The lowest BCUT2D eigenvalue weighted by Crippen LogP contribution is -2.37. The van der Waals surface area contributed by atoms with Gasteiger partial charge in [0.05, 0.1) is 11.3 Å². The van der Waals surface area contributed by atoms with Crippen molar-refractivity contribution in [1.82, 2.24) is 19.7 Å². The van der Waals surface area contributed by atoms with Crippen LogP contribution in [0.15, 0.2) is 65.8 Å². The summed E-state index contributed by atoms with van der Waals surface area (Å²) < 4.78 is 2.96. The third kappa shape index (κ3) is 4.65. The molecule has 4 rings (SSSR count). The highest BCUT2D eigenvalue weighted by molar-refractivity contribution is 6.04. The number of nitrogens with one attached hydrogen (secondary N) is 2. The summed E-state index contributed by atoms with van der Waals surface area (Å²) in [6.45, 7) is -0.106. The molecule has 0 unspecified atom stereocenters. The molecule has 0 atom stereocenters. The summed E-state index contributed by atoms with van der Waals surface area (Å²) in [5.41, 5.74) is 1.39. The standard InChI is InChI=1S/C22H23N5O3/c28-20(24-17-5-1-2-6-17)15-26-14-16(9-10-21(26)29)22(30)25-18-7-3-8-19(13-18)27-12-4-11-23-27/h3-4,7-14,17H,1-2,5-6,15H2,(H,24,28)(H,25,30). The molecule has 0 radical (unpaired) electrons. The summed E-state index contributed by atoms with van der Waals surface area (Å²) in [4.78, 5) is 37.1. The van der Waals surface area contributed by atoms with Crippen molar-refractivity contribution in [2.45, 2.75) is 38.3 Å². The summed E-state index contributed by atoms with van der Waals surface area (Å²) in [7, 11) is 0. The van der Waals surface area contributed by atoms with Gasteiger partial charge in [-0.05, 0) is 43.2 Å². The monoisotopic (exact) mass is 405 g/mol. The molecule has 0 bridgehead atoms. The Kier molecular flexibility index (Phi) is 5.74. The molecule has 154 valence electrons. The van der Waals surface area contributed by atoms with Crippen molar-refractivity contribution < 1.29 is 9.59 Å². The average molecular weight is 405 g/mol. The molecule has 8 nitrogen and oxygen atoms in total. The van der Waals surface area contributed by atoms with E-state index in [1.165, 1.54) is 22.9 Å². The van der Waals surface area contributed by atoms with Crippen molar-refractivity contribution in [2.24, 2.45) is 0 Å². The van der Waals surface area contributed by atoms with E-state index in [-0.39, 0.29) is 30.0 Å². The van der Waals surface area contributed by atoms with E-state index in [4.69, 9.17) is 0 Å². The van der Waals surface area contributed by atoms with Gasteiger partial charge in [0.2, 0.25) is 5.91 Å². The Hall–Kier alpha value is -3.68. The molecule has 0 aliphatic heterocycles. The van der Waals surface area contributed by atoms with Gasteiger partial charge in [0.15, 0.2) is 0 Å². The minimum Gasteiger partial charge on any atom is -0.352 e. The highest BCUT2D eigenvalue weighted by Gasteiger charge is 2.18. The van der Waals surface area contributed by atoms with Crippen LogP contribution in [0, 0.1) is 0 Å². The van der Waals surface area contributed by atoms with E-state index in [1.54, 1.807) is 23.0 Å². The minimum atomic E-state index is -0.363. The number of nitrogens with zero attached hydrogens (tertiary/aromatic N) is 3. The molecule has 1 aromatic carbocycles. The molecule has 1 aliphatic rings. The van der Waals surface area contributed by atoms with Gasteiger partial charge < -0.3 is 15.2 Å². The lowest BCUT2D eigenvalue weighted by Gasteiger charge is -2.13. The molecule has 2 heterocycles. The van der Waals surface area contributed by atoms with Crippen LogP contribution in [0.5, 0.6) is 0 Å². The molecule has 0 spiro atoms.